The maximum atomic E-state index is 12.4. The third-order valence-electron chi connectivity index (χ3n) is 4.62. The molecule has 1 fully saturated rings. The Labute approximate surface area is 142 Å². The third kappa shape index (κ3) is 4.24. The number of likely N-dealkylation sites (tertiary alicyclic amines) is 1. The van der Waals surface area contributed by atoms with Crippen LogP contribution < -0.4 is 11.1 Å². The first-order chi connectivity index (χ1) is 10.8. The molecule has 23 heavy (non-hydrogen) atoms. The zero-order chi connectivity index (χ0) is 17.0. The van der Waals surface area contributed by atoms with Gasteiger partial charge in [0.15, 0.2) is 0 Å². The van der Waals surface area contributed by atoms with Crippen molar-refractivity contribution in [1.82, 2.24) is 10.2 Å². The van der Waals surface area contributed by atoms with Crippen LogP contribution in [-0.2, 0) is 15.1 Å². The molecule has 126 valence electrons. The summed E-state index contributed by atoms with van der Waals surface area (Å²) in [5.41, 5.74) is 5.08. The number of nitrogens with two attached hydrogens (primary N) is 1. The highest BCUT2D eigenvalue weighted by atomic mass is 35.5. The van der Waals surface area contributed by atoms with Crippen LogP contribution in [0.3, 0.4) is 0 Å². The lowest BCUT2D eigenvalue weighted by Crippen LogP contribution is -2.54. The molecule has 0 unspecified atom stereocenters. The van der Waals surface area contributed by atoms with Gasteiger partial charge >= 0.3 is 0 Å². The summed E-state index contributed by atoms with van der Waals surface area (Å²) in [7, 11) is 0. The predicted octanol–water partition coefficient (Wildman–Crippen LogP) is 1.89. The Morgan fingerprint density at radius 1 is 1.39 bits per heavy atom. The first kappa shape index (κ1) is 17.8. The number of halogens is 1. The number of primary amides is 1. The van der Waals surface area contributed by atoms with Crippen molar-refractivity contribution in [1.29, 1.82) is 0 Å². The lowest BCUT2D eigenvalue weighted by atomic mass is 9.91. The lowest BCUT2D eigenvalue weighted by Gasteiger charge is -2.33. The minimum Gasteiger partial charge on any atom is -0.368 e. The third-order valence-corrected chi connectivity index (χ3v) is 4.86. The van der Waals surface area contributed by atoms with Gasteiger partial charge in [-0.3, -0.25) is 14.9 Å². The van der Waals surface area contributed by atoms with Crippen LogP contribution >= 0.6 is 11.6 Å². The quantitative estimate of drug-likeness (QED) is 0.861. The summed E-state index contributed by atoms with van der Waals surface area (Å²) in [6.45, 7) is 5.48. The molecular formula is C17H24ClN3O2. The average Bonchev–Trinajstić information content (AvgIpc) is 2.52. The smallest absolute Gasteiger partial charge is 0.242 e. The number of rotatable bonds is 5. The van der Waals surface area contributed by atoms with Gasteiger partial charge in [-0.05, 0) is 43.4 Å². The number of hydrogen-bond acceptors (Lipinski definition) is 3. The van der Waals surface area contributed by atoms with Crippen molar-refractivity contribution in [2.75, 3.05) is 19.6 Å². The van der Waals surface area contributed by atoms with Crippen molar-refractivity contribution in [3.63, 3.8) is 0 Å². The largest absolute Gasteiger partial charge is 0.368 e. The van der Waals surface area contributed by atoms with Crippen molar-refractivity contribution in [2.45, 2.75) is 32.2 Å². The number of nitrogens with one attached hydrogen (secondary N) is 1. The average molecular weight is 338 g/mol. The van der Waals surface area contributed by atoms with Crippen LogP contribution in [0, 0.1) is 5.92 Å². The van der Waals surface area contributed by atoms with Crippen molar-refractivity contribution in [3.05, 3.63) is 34.9 Å². The normalized spacial score (nSPS) is 18.5. The van der Waals surface area contributed by atoms with E-state index in [0.717, 1.165) is 25.9 Å². The molecule has 3 N–H and O–H groups in total. The Kier molecular flexibility index (Phi) is 5.65. The molecule has 1 aromatic rings. The fourth-order valence-corrected chi connectivity index (χ4v) is 2.94. The molecule has 1 aliphatic rings. The Balaban J connectivity index is 2.05. The molecule has 6 heteroatoms. The number of carbonyl (C=O) groups is 2. The van der Waals surface area contributed by atoms with E-state index in [0.29, 0.717) is 16.5 Å². The maximum Gasteiger partial charge on any atom is 0.242 e. The van der Waals surface area contributed by atoms with Crippen LogP contribution in [0.15, 0.2) is 24.3 Å². The van der Waals surface area contributed by atoms with Crippen molar-refractivity contribution >= 4 is 23.4 Å². The van der Waals surface area contributed by atoms with Gasteiger partial charge in [0, 0.05) is 18.1 Å². The molecule has 1 saturated heterocycles. The molecular weight excluding hydrogens is 314 g/mol. The number of amides is 2. The van der Waals surface area contributed by atoms with Gasteiger partial charge in [-0.2, -0.15) is 0 Å². The summed E-state index contributed by atoms with van der Waals surface area (Å²) >= 11 is 6.00. The van der Waals surface area contributed by atoms with Crippen LogP contribution in [0.4, 0.5) is 0 Å². The standard InChI is InChI=1S/C17H24ClN3O2/c1-12-6-8-21(9-7-12)15(22)11-20-17(2,16(19)23)13-4-3-5-14(18)10-13/h3-5,10,12,20H,6-9,11H2,1-2H3,(H2,19,23)/t17-/m0/s1. The second-order valence-electron chi connectivity index (χ2n) is 6.42. The lowest BCUT2D eigenvalue weighted by molar-refractivity contribution is -0.132. The summed E-state index contributed by atoms with van der Waals surface area (Å²) in [4.78, 5) is 26.2. The summed E-state index contributed by atoms with van der Waals surface area (Å²) in [5, 5.41) is 3.54. The zero-order valence-corrected chi connectivity index (χ0v) is 14.4. The molecule has 0 saturated carbocycles. The summed E-state index contributed by atoms with van der Waals surface area (Å²) in [6.07, 6.45) is 2.04. The van der Waals surface area contributed by atoms with E-state index < -0.39 is 11.4 Å². The van der Waals surface area contributed by atoms with E-state index in [-0.39, 0.29) is 12.5 Å². The van der Waals surface area contributed by atoms with Crippen LogP contribution in [-0.4, -0.2) is 36.3 Å². The predicted molar refractivity (Wildman–Crippen MR) is 91.0 cm³/mol. The molecule has 0 radical (unpaired) electrons. The molecule has 1 aliphatic heterocycles. The van der Waals surface area contributed by atoms with Crippen LogP contribution in [0.25, 0.3) is 0 Å². The molecule has 1 heterocycles. The molecule has 0 bridgehead atoms. The SMILES string of the molecule is CC1CCN(C(=O)CN[C@](C)(C(N)=O)c2cccc(Cl)c2)CC1. The minimum absolute atomic E-state index is 0.00796. The summed E-state index contributed by atoms with van der Waals surface area (Å²) in [6, 6.07) is 6.95. The van der Waals surface area contributed by atoms with Crippen molar-refractivity contribution < 1.29 is 9.59 Å². The monoisotopic (exact) mass is 337 g/mol. The van der Waals surface area contributed by atoms with Gasteiger partial charge in [-0.15, -0.1) is 0 Å². The zero-order valence-electron chi connectivity index (χ0n) is 13.6. The topological polar surface area (TPSA) is 75.4 Å². The molecule has 0 aliphatic carbocycles. The van der Waals surface area contributed by atoms with E-state index in [1.54, 1.807) is 31.2 Å². The molecule has 2 amide bonds. The molecule has 1 aromatic carbocycles. The van der Waals surface area contributed by atoms with Crippen LogP contribution in [0.2, 0.25) is 5.02 Å². The van der Waals surface area contributed by atoms with Crippen molar-refractivity contribution in [3.8, 4) is 0 Å². The highest BCUT2D eigenvalue weighted by Gasteiger charge is 2.34. The van der Waals surface area contributed by atoms with Gasteiger partial charge < -0.3 is 10.6 Å². The maximum absolute atomic E-state index is 12.4. The van der Waals surface area contributed by atoms with E-state index in [1.807, 2.05) is 4.90 Å². The van der Waals surface area contributed by atoms with Gasteiger partial charge in [0.1, 0.15) is 5.54 Å². The molecule has 0 spiro atoms. The number of piperidine rings is 1. The second kappa shape index (κ2) is 7.32. The van der Waals surface area contributed by atoms with Crippen LogP contribution in [0.1, 0.15) is 32.3 Å². The van der Waals surface area contributed by atoms with Gasteiger partial charge in [0.2, 0.25) is 11.8 Å². The van der Waals surface area contributed by atoms with E-state index in [2.05, 4.69) is 12.2 Å². The van der Waals surface area contributed by atoms with E-state index in [4.69, 9.17) is 17.3 Å². The Bertz CT molecular complexity index is 585. The van der Waals surface area contributed by atoms with Gasteiger partial charge in [-0.25, -0.2) is 0 Å². The number of carbonyl (C=O) groups excluding carboxylic acids is 2. The summed E-state index contributed by atoms with van der Waals surface area (Å²) in [5.74, 6) is 0.112. The first-order valence-electron chi connectivity index (χ1n) is 7.91. The molecule has 1 atom stereocenters. The van der Waals surface area contributed by atoms with Crippen molar-refractivity contribution in [2.24, 2.45) is 11.7 Å². The number of nitrogens with zero attached hydrogens (tertiary/aromatic N) is 1. The Hall–Kier alpha value is -1.59. The summed E-state index contributed by atoms with van der Waals surface area (Å²) < 4.78 is 0. The van der Waals surface area contributed by atoms with E-state index in [1.165, 1.54) is 0 Å². The van der Waals surface area contributed by atoms with Gasteiger partial charge in [0.25, 0.3) is 0 Å². The minimum atomic E-state index is -1.14. The van der Waals surface area contributed by atoms with E-state index >= 15 is 0 Å². The van der Waals surface area contributed by atoms with Gasteiger partial charge in [-0.1, -0.05) is 30.7 Å². The Morgan fingerprint density at radius 2 is 2.04 bits per heavy atom. The molecule has 0 aromatic heterocycles. The first-order valence-corrected chi connectivity index (χ1v) is 8.29. The van der Waals surface area contributed by atoms with E-state index in [9.17, 15) is 9.59 Å². The van der Waals surface area contributed by atoms with Crippen LogP contribution in [0.5, 0.6) is 0 Å². The number of benzene rings is 1. The molecule has 5 nitrogen and oxygen atoms in total. The Morgan fingerprint density at radius 3 is 2.61 bits per heavy atom. The number of hydrogen-bond donors (Lipinski definition) is 2. The second-order valence-corrected chi connectivity index (χ2v) is 6.85. The fraction of sp³-hybridized carbons (Fsp3) is 0.529. The van der Waals surface area contributed by atoms with Gasteiger partial charge in [0.05, 0.1) is 6.54 Å². The molecule has 2 rings (SSSR count). The highest BCUT2D eigenvalue weighted by molar-refractivity contribution is 6.30. The fourth-order valence-electron chi connectivity index (χ4n) is 2.75. The highest BCUT2D eigenvalue weighted by Crippen LogP contribution is 2.23.